The molecule has 2 heterocycles. The standard InChI is InChI=1S/C22H17ClN4O3S/c23-16-8-4-9-17(12-16)27-18(15-6-2-1-3-7-15)13-24-22(27)31-14-20(28)25-26-21(29)19-10-5-11-30-19/h1-13H,14H2,(H,25,28)(H,26,29). The maximum atomic E-state index is 12.2. The van der Waals surface area contributed by atoms with Gasteiger partial charge in [-0.15, -0.1) is 0 Å². The van der Waals surface area contributed by atoms with Crippen molar-refractivity contribution in [3.63, 3.8) is 0 Å². The van der Waals surface area contributed by atoms with Crippen LogP contribution in [0, 0.1) is 0 Å². The van der Waals surface area contributed by atoms with Gasteiger partial charge >= 0.3 is 5.91 Å². The van der Waals surface area contributed by atoms with Crippen LogP contribution in [0.25, 0.3) is 16.9 Å². The molecule has 2 amide bonds. The molecule has 4 aromatic rings. The second kappa shape index (κ2) is 9.55. The van der Waals surface area contributed by atoms with Crippen molar-refractivity contribution in [3.8, 4) is 16.9 Å². The van der Waals surface area contributed by atoms with Crippen molar-refractivity contribution in [1.29, 1.82) is 0 Å². The fourth-order valence-corrected chi connectivity index (χ4v) is 3.85. The Kier molecular flexibility index (Phi) is 6.40. The molecule has 2 N–H and O–H groups in total. The van der Waals surface area contributed by atoms with Crippen molar-refractivity contribution in [3.05, 3.63) is 90.0 Å². The number of hydrogen-bond donors (Lipinski definition) is 2. The number of aromatic nitrogens is 2. The number of nitrogens with zero attached hydrogens (tertiary/aromatic N) is 2. The van der Waals surface area contributed by atoms with E-state index in [2.05, 4.69) is 15.8 Å². The Morgan fingerprint density at radius 2 is 1.87 bits per heavy atom. The number of amides is 2. The molecule has 0 aliphatic rings. The average molecular weight is 453 g/mol. The van der Waals surface area contributed by atoms with Crippen LogP contribution in [0.2, 0.25) is 5.02 Å². The molecular weight excluding hydrogens is 436 g/mol. The highest BCUT2D eigenvalue weighted by molar-refractivity contribution is 7.99. The number of benzene rings is 2. The van der Waals surface area contributed by atoms with Crippen molar-refractivity contribution in [2.45, 2.75) is 5.16 Å². The van der Waals surface area contributed by atoms with Crippen molar-refractivity contribution in [2.24, 2.45) is 0 Å². The van der Waals surface area contributed by atoms with Gasteiger partial charge in [0.05, 0.1) is 23.9 Å². The first kappa shape index (κ1) is 20.8. The predicted octanol–water partition coefficient (Wildman–Crippen LogP) is 4.34. The van der Waals surface area contributed by atoms with Gasteiger partial charge in [0.15, 0.2) is 10.9 Å². The monoisotopic (exact) mass is 452 g/mol. The van der Waals surface area contributed by atoms with Crippen molar-refractivity contribution >= 4 is 35.2 Å². The number of hydrazine groups is 1. The summed E-state index contributed by atoms with van der Waals surface area (Å²) in [4.78, 5) is 28.6. The van der Waals surface area contributed by atoms with E-state index in [9.17, 15) is 9.59 Å². The van der Waals surface area contributed by atoms with Crippen LogP contribution in [-0.2, 0) is 4.79 Å². The Hall–Kier alpha value is -3.49. The molecule has 0 aliphatic heterocycles. The van der Waals surface area contributed by atoms with Crippen LogP contribution in [0.1, 0.15) is 10.6 Å². The second-order valence-corrected chi connectivity index (χ2v) is 7.75. The molecule has 2 aromatic heterocycles. The van der Waals surface area contributed by atoms with Gasteiger partial charge in [0.2, 0.25) is 5.91 Å². The highest BCUT2D eigenvalue weighted by Gasteiger charge is 2.16. The fraction of sp³-hybridized carbons (Fsp3) is 0.0455. The van der Waals surface area contributed by atoms with Crippen LogP contribution in [0.3, 0.4) is 0 Å². The molecule has 0 atom stereocenters. The quantitative estimate of drug-likeness (QED) is 0.335. The molecule has 0 saturated heterocycles. The maximum Gasteiger partial charge on any atom is 0.305 e. The van der Waals surface area contributed by atoms with Gasteiger partial charge in [-0.05, 0) is 30.3 Å². The number of thioether (sulfide) groups is 1. The van der Waals surface area contributed by atoms with E-state index in [1.54, 1.807) is 18.3 Å². The van der Waals surface area contributed by atoms with Crippen molar-refractivity contribution in [1.82, 2.24) is 20.4 Å². The molecule has 0 saturated carbocycles. The van der Waals surface area contributed by atoms with Crippen LogP contribution in [0.4, 0.5) is 0 Å². The highest BCUT2D eigenvalue weighted by atomic mass is 35.5. The topological polar surface area (TPSA) is 89.2 Å². The first-order valence-corrected chi connectivity index (χ1v) is 10.6. The largest absolute Gasteiger partial charge is 0.459 e. The van der Waals surface area contributed by atoms with E-state index in [1.807, 2.05) is 53.1 Å². The van der Waals surface area contributed by atoms with E-state index in [0.717, 1.165) is 16.9 Å². The molecular formula is C22H17ClN4O3S. The molecule has 9 heteroatoms. The molecule has 0 unspecified atom stereocenters. The average Bonchev–Trinajstić information content (AvgIpc) is 3.47. The zero-order valence-corrected chi connectivity index (χ0v) is 17.7. The minimum atomic E-state index is -0.532. The number of nitrogens with one attached hydrogen (secondary N) is 2. The lowest BCUT2D eigenvalue weighted by Gasteiger charge is -2.12. The van der Waals surface area contributed by atoms with E-state index in [0.29, 0.717) is 10.2 Å². The number of halogens is 1. The van der Waals surface area contributed by atoms with Crippen LogP contribution in [-0.4, -0.2) is 27.1 Å². The molecule has 0 fully saturated rings. The summed E-state index contributed by atoms with van der Waals surface area (Å²) in [6.45, 7) is 0. The fourth-order valence-electron chi connectivity index (χ4n) is 2.88. The highest BCUT2D eigenvalue weighted by Crippen LogP contribution is 2.30. The number of rotatable bonds is 6. The van der Waals surface area contributed by atoms with Gasteiger partial charge in [-0.25, -0.2) is 4.98 Å². The third-order valence-corrected chi connectivity index (χ3v) is 5.45. The number of hydrogen-bond acceptors (Lipinski definition) is 5. The zero-order chi connectivity index (χ0) is 21.6. The third-order valence-electron chi connectivity index (χ3n) is 4.26. The summed E-state index contributed by atoms with van der Waals surface area (Å²) >= 11 is 7.44. The van der Waals surface area contributed by atoms with E-state index in [1.165, 1.54) is 24.1 Å². The van der Waals surface area contributed by atoms with Crippen molar-refractivity contribution < 1.29 is 14.0 Å². The van der Waals surface area contributed by atoms with Crippen LogP contribution in [0.5, 0.6) is 0 Å². The Labute approximate surface area is 187 Å². The van der Waals surface area contributed by atoms with Crippen LogP contribution < -0.4 is 10.9 Å². The Balaban J connectivity index is 1.51. The summed E-state index contributed by atoms with van der Waals surface area (Å²) in [5.41, 5.74) is 7.37. The predicted molar refractivity (Wildman–Crippen MR) is 119 cm³/mol. The van der Waals surface area contributed by atoms with Gasteiger partial charge in [-0.3, -0.25) is 25.0 Å². The molecule has 2 aromatic carbocycles. The van der Waals surface area contributed by atoms with Gasteiger partial charge in [-0.2, -0.15) is 0 Å². The smallest absolute Gasteiger partial charge is 0.305 e. The Morgan fingerprint density at radius 3 is 2.61 bits per heavy atom. The summed E-state index contributed by atoms with van der Waals surface area (Å²) in [5, 5.41) is 1.22. The lowest BCUT2D eigenvalue weighted by Crippen LogP contribution is -2.42. The molecule has 7 nitrogen and oxygen atoms in total. The molecule has 31 heavy (non-hydrogen) atoms. The van der Waals surface area contributed by atoms with Gasteiger partial charge in [0.25, 0.3) is 0 Å². The molecule has 0 bridgehead atoms. The van der Waals surface area contributed by atoms with Crippen molar-refractivity contribution in [2.75, 3.05) is 5.75 Å². The minimum Gasteiger partial charge on any atom is -0.459 e. The third kappa shape index (κ3) is 4.99. The summed E-state index contributed by atoms with van der Waals surface area (Å²) in [6, 6.07) is 20.3. The lowest BCUT2D eigenvalue weighted by atomic mass is 10.1. The molecule has 156 valence electrons. The second-order valence-electron chi connectivity index (χ2n) is 6.38. The summed E-state index contributed by atoms with van der Waals surface area (Å²) < 4.78 is 6.93. The van der Waals surface area contributed by atoms with Crippen LogP contribution in [0.15, 0.2) is 88.8 Å². The molecule has 4 rings (SSSR count). The first-order valence-electron chi connectivity index (χ1n) is 9.26. The van der Waals surface area contributed by atoms with E-state index in [-0.39, 0.29) is 17.4 Å². The summed E-state index contributed by atoms with van der Waals surface area (Å²) in [5.74, 6) is -0.761. The summed E-state index contributed by atoms with van der Waals surface area (Å²) in [7, 11) is 0. The molecule has 0 aliphatic carbocycles. The Bertz CT molecular complexity index is 1190. The van der Waals surface area contributed by atoms with Gasteiger partial charge in [-0.1, -0.05) is 59.8 Å². The number of imidazole rings is 1. The number of carbonyl (C=O) groups excluding carboxylic acids is 2. The van der Waals surface area contributed by atoms with Gasteiger partial charge in [0.1, 0.15) is 0 Å². The lowest BCUT2D eigenvalue weighted by molar-refractivity contribution is -0.119. The SMILES string of the molecule is O=C(CSc1ncc(-c2ccccc2)n1-c1cccc(Cl)c1)NNC(=O)c1ccco1. The van der Waals surface area contributed by atoms with Gasteiger partial charge in [0, 0.05) is 16.3 Å². The Morgan fingerprint density at radius 1 is 1.03 bits per heavy atom. The normalized spacial score (nSPS) is 10.6. The summed E-state index contributed by atoms with van der Waals surface area (Å²) in [6.07, 6.45) is 3.14. The maximum absolute atomic E-state index is 12.2. The van der Waals surface area contributed by atoms with E-state index in [4.69, 9.17) is 16.0 Å². The van der Waals surface area contributed by atoms with E-state index < -0.39 is 5.91 Å². The zero-order valence-electron chi connectivity index (χ0n) is 16.1. The van der Waals surface area contributed by atoms with Gasteiger partial charge < -0.3 is 4.42 Å². The minimum absolute atomic E-state index is 0.0459. The van der Waals surface area contributed by atoms with Crippen LogP contribution >= 0.6 is 23.4 Å². The number of carbonyl (C=O) groups is 2. The molecule has 0 radical (unpaired) electrons. The first-order chi connectivity index (χ1) is 15.1. The van der Waals surface area contributed by atoms with E-state index >= 15 is 0 Å². The molecule has 0 spiro atoms. The number of furan rings is 1.